The molecule has 2 N–H and O–H groups in total. The maximum Gasteiger partial charge on any atom is 0.252 e. The van der Waals surface area contributed by atoms with E-state index in [1.165, 1.54) is 50.5 Å². The lowest BCUT2D eigenvalue weighted by Gasteiger charge is -2.19. The summed E-state index contributed by atoms with van der Waals surface area (Å²) in [6.45, 7) is 6.08. The molecule has 1 aliphatic heterocycles. The Bertz CT molecular complexity index is 846. The molecule has 0 bridgehead atoms. The van der Waals surface area contributed by atoms with Gasteiger partial charge >= 0.3 is 0 Å². The van der Waals surface area contributed by atoms with Gasteiger partial charge in [0.05, 0.1) is 11.3 Å². The molecule has 166 valence electrons. The normalized spacial score (nSPS) is 14.6. The Balaban J connectivity index is 1.44. The van der Waals surface area contributed by atoms with Crippen LogP contribution in [0.2, 0.25) is 0 Å². The van der Waals surface area contributed by atoms with E-state index in [9.17, 15) is 9.59 Å². The molecule has 3 rings (SSSR count). The van der Waals surface area contributed by atoms with Crippen LogP contribution in [0.4, 0.5) is 5.69 Å². The van der Waals surface area contributed by atoms with Crippen LogP contribution >= 0.6 is 11.8 Å². The molecule has 1 aliphatic rings. The van der Waals surface area contributed by atoms with E-state index in [2.05, 4.69) is 15.5 Å². The number of rotatable bonds is 9. The summed E-state index contributed by atoms with van der Waals surface area (Å²) in [5.74, 6) is 0.104. The number of benzene rings is 2. The van der Waals surface area contributed by atoms with E-state index in [1.54, 1.807) is 0 Å². The molecule has 0 spiro atoms. The van der Waals surface area contributed by atoms with Crippen molar-refractivity contribution >= 4 is 29.3 Å². The van der Waals surface area contributed by atoms with Crippen LogP contribution in [0.3, 0.4) is 0 Å². The molecular weight excluding hydrogens is 406 g/mol. The second-order valence-electron chi connectivity index (χ2n) is 8.06. The Kier molecular flexibility index (Phi) is 9.43. The first-order chi connectivity index (χ1) is 15.1. The highest BCUT2D eigenvalue weighted by Gasteiger charge is 2.13. The number of thioether (sulfide) groups is 1. The number of carbonyl (C=O) groups excluding carboxylic acids is 2. The zero-order valence-corrected chi connectivity index (χ0v) is 19.2. The van der Waals surface area contributed by atoms with E-state index in [1.807, 2.05) is 55.5 Å². The molecule has 1 saturated heterocycles. The number of amides is 2. The van der Waals surface area contributed by atoms with Crippen LogP contribution in [0.5, 0.6) is 0 Å². The van der Waals surface area contributed by atoms with Crippen LogP contribution in [0, 0.1) is 6.92 Å². The Hall–Kier alpha value is -2.31. The van der Waals surface area contributed by atoms with Gasteiger partial charge < -0.3 is 15.5 Å². The molecule has 2 aromatic rings. The number of hydrogen-bond donors (Lipinski definition) is 2. The molecule has 6 heteroatoms. The topological polar surface area (TPSA) is 61.4 Å². The number of anilines is 1. The van der Waals surface area contributed by atoms with E-state index in [0.29, 0.717) is 12.1 Å². The monoisotopic (exact) mass is 439 g/mol. The van der Waals surface area contributed by atoms with Gasteiger partial charge in [0, 0.05) is 17.1 Å². The first-order valence-corrected chi connectivity index (χ1v) is 12.2. The molecule has 1 heterocycles. The average Bonchev–Trinajstić information content (AvgIpc) is 3.06. The van der Waals surface area contributed by atoms with Gasteiger partial charge in [-0.05, 0) is 70.1 Å². The van der Waals surface area contributed by atoms with Crippen molar-refractivity contribution < 1.29 is 9.59 Å². The van der Waals surface area contributed by atoms with E-state index in [0.717, 1.165) is 29.1 Å². The zero-order valence-electron chi connectivity index (χ0n) is 18.4. The SMILES string of the molecule is Cc1ccc(NC(=O)CSc2ccccc2C(=O)NCCCN2CCCCCC2)cc1. The summed E-state index contributed by atoms with van der Waals surface area (Å²) >= 11 is 1.39. The molecule has 0 aliphatic carbocycles. The van der Waals surface area contributed by atoms with E-state index in [-0.39, 0.29) is 17.6 Å². The van der Waals surface area contributed by atoms with Crippen molar-refractivity contribution in [2.75, 3.05) is 37.2 Å². The maximum absolute atomic E-state index is 12.7. The fourth-order valence-electron chi connectivity index (χ4n) is 3.72. The van der Waals surface area contributed by atoms with Crippen LogP contribution in [0.25, 0.3) is 0 Å². The molecule has 2 aromatic carbocycles. The summed E-state index contributed by atoms with van der Waals surface area (Å²) in [5, 5.41) is 5.95. The molecule has 0 aromatic heterocycles. The third-order valence-corrected chi connectivity index (χ3v) is 6.53. The molecular formula is C25H33N3O2S. The molecule has 31 heavy (non-hydrogen) atoms. The molecule has 1 fully saturated rings. The van der Waals surface area contributed by atoms with Gasteiger partial charge in [0.1, 0.15) is 0 Å². The summed E-state index contributed by atoms with van der Waals surface area (Å²) < 4.78 is 0. The highest BCUT2D eigenvalue weighted by atomic mass is 32.2. The summed E-state index contributed by atoms with van der Waals surface area (Å²) in [6, 6.07) is 15.2. The van der Waals surface area contributed by atoms with Gasteiger partial charge in [-0.15, -0.1) is 11.8 Å². The van der Waals surface area contributed by atoms with Gasteiger partial charge in [0.2, 0.25) is 5.91 Å². The smallest absolute Gasteiger partial charge is 0.252 e. The predicted molar refractivity (Wildman–Crippen MR) is 129 cm³/mol. The van der Waals surface area contributed by atoms with E-state index in [4.69, 9.17) is 0 Å². The minimum atomic E-state index is -0.0819. The Labute approximate surface area is 190 Å². The van der Waals surface area contributed by atoms with E-state index < -0.39 is 0 Å². The van der Waals surface area contributed by atoms with Crippen LogP contribution in [-0.4, -0.2) is 48.6 Å². The number of likely N-dealkylation sites (tertiary alicyclic amines) is 1. The first kappa shape index (κ1) is 23.4. The average molecular weight is 440 g/mol. The van der Waals surface area contributed by atoms with Crippen LogP contribution < -0.4 is 10.6 Å². The molecule has 5 nitrogen and oxygen atoms in total. The zero-order chi connectivity index (χ0) is 21.9. The summed E-state index contributed by atoms with van der Waals surface area (Å²) in [4.78, 5) is 28.3. The van der Waals surface area contributed by atoms with Gasteiger partial charge in [0.25, 0.3) is 5.91 Å². The number of aryl methyl sites for hydroxylation is 1. The Morgan fingerprint density at radius 1 is 0.968 bits per heavy atom. The highest BCUT2D eigenvalue weighted by Crippen LogP contribution is 2.23. The molecule has 0 radical (unpaired) electrons. The van der Waals surface area contributed by atoms with Crippen molar-refractivity contribution in [2.45, 2.75) is 43.9 Å². The highest BCUT2D eigenvalue weighted by molar-refractivity contribution is 8.00. The predicted octanol–water partition coefficient (Wildman–Crippen LogP) is 4.72. The minimum absolute atomic E-state index is 0.0714. The van der Waals surface area contributed by atoms with E-state index >= 15 is 0 Å². The third kappa shape index (κ3) is 8.04. The summed E-state index contributed by atoms with van der Waals surface area (Å²) in [7, 11) is 0. The van der Waals surface area contributed by atoms with Crippen LogP contribution in [-0.2, 0) is 4.79 Å². The largest absolute Gasteiger partial charge is 0.352 e. The first-order valence-electron chi connectivity index (χ1n) is 11.2. The third-order valence-electron chi connectivity index (χ3n) is 5.46. The molecule has 2 amide bonds. The fourth-order valence-corrected chi connectivity index (χ4v) is 4.57. The Morgan fingerprint density at radius 2 is 1.68 bits per heavy atom. The second-order valence-corrected chi connectivity index (χ2v) is 9.08. The van der Waals surface area contributed by atoms with Gasteiger partial charge in [-0.1, -0.05) is 42.7 Å². The van der Waals surface area contributed by atoms with Gasteiger partial charge in [-0.25, -0.2) is 0 Å². The Morgan fingerprint density at radius 3 is 2.42 bits per heavy atom. The van der Waals surface area contributed by atoms with Crippen LogP contribution in [0.1, 0.15) is 48.0 Å². The molecule has 0 unspecified atom stereocenters. The van der Waals surface area contributed by atoms with Gasteiger partial charge in [0.15, 0.2) is 0 Å². The maximum atomic E-state index is 12.7. The number of carbonyl (C=O) groups is 2. The lowest BCUT2D eigenvalue weighted by molar-refractivity contribution is -0.113. The fraction of sp³-hybridized carbons (Fsp3) is 0.440. The van der Waals surface area contributed by atoms with Crippen molar-refractivity contribution in [1.82, 2.24) is 10.2 Å². The van der Waals surface area contributed by atoms with Crippen molar-refractivity contribution in [3.8, 4) is 0 Å². The molecule has 0 saturated carbocycles. The minimum Gasteiger partial charge on any atom is -0.352 e. The van der Waals surface area contributed by atoms with Gasteiger partial charge in [-0.2, -0.15) is 0 Å². The lowest BCUT2D eigenvalue weighted by Crippen LogP contribution is -2.30. The number of hydrogen-bond acceptors (Lipinski definition) is 4. The standard InChI is InChI=1S/C25H33N3O2S/c1-20-11-13-21(14-12-20)27-24(29)19-31-23-10-5-4-9-22(23)25(30)26-15-8-18-28-16-6-2-3-7-17-28/h4-5,9-14H,2-3,6-8,15-19H2,1H3,(H,26,30)(H,27,29). The number of nitrogens with zero attached hydrogens (tertiary/aromatic N) is 1. The molecule has 0 atom stereocenters. The quantitative estimate of drug-likeness (QED) is 0.438. The lowest BCUT2D eigenvalue weighted by atomic mass is 10.2. The second kappa shape index (κ2) is 12.5. The van der Waals surface area contributed by atoms with Crippen molar-refractivity contribution in [3.05, 3.63) is 59.7 Å². The van der Waals surface area contributed by atoms with Crippen molar-refractivity contribution in [2.24, 2.45) is 0 Å². The van der Waals surface area contributed by atoms with Crippen LogP contribution in [0.15, 0.2) is 53.4 Å². The number of nitrogens with one attached hydrogen (secondary N) is 2. The summed E-state index contributed by atoms with van der Waals surface area (Å²) in [5.41, 5.74) is 2.57. The summed E-state index contributed by atoms with van der Waals surface area (Å²) in [6.07, 6.45) is 6.21. The van der Waals surface area contributed by atoms with Crippen molar-refractivity contribution in [1.29, 1.82) is 0 Å². The van der Waals surface area contributed by atoms with Gasteiger partial charge in [-0.3, -0.25) is 9.59 Å². The van der Waals surface area contributed by atoms with Crippen molar-refractivity contribution in [3.63, 3.8) is 0 Å².